The molecule has 1 fully saturated rings. The van der Waals surface area contributed by atoms with Crippen LogP contribution in [0, 0.1) is 5.82 Å². The van der Waals surface area contributed by atoms with Crippen LogP contribution in [0.4, 0.5) is 10.1 Å². The molecule has 0 radical (unpaired) electrons. The number of hydrogen-bond acceptors (Lipinski definition) is 3. The summed E-state index contributed by atoms with van der Waals surface area (Å²) in [5.41, 5.74) is -0.427. The number of hydrogen-bond donors (Lipinski definition) is 2. The van der Waals surface area contributed by atoms with E-state index in [4.69, 9.17) is 5.11 Å². The first kappa shape index (κ1) is 14.8. The minimum absolute atomic E-state index is 0.0538. The molecule has 1 aliphatic rings. The Morgan fingerprint density at radius 2 is 1.90 bits per heavy atom. The Kier molecular flexibility index (Phi) is 4.27. The van der Waals surface area contributed by atoms with Crippen LogP contribution in [-0.4, -0.2) is 24.7 Å². The molecule has 0 bridgehead atoms. The Morgan fingerprint density at radius 1 is 1.25 bits per heavy atom. The van der Waals surface area contributed by atoms with E-state index in [1.165, 1.54) is 6.07 Å². The second kappa shape index (κ2) is 5.78. The van der Waals surface area contributed by atoms with Crippen molar-refractivity contribution in [1.29, 1.82) is 0 Å². The highest BCUT2D eigenvalue weighted by molar-refractivity contribution is 7.93. The highest BCUT2D eigenvalue weighted by atomic mass is 32.2. The summed E-state index contributed by atoms with van der Waals surface area (Å²) in [6, 6.07) is 3.20. The minimum Gasteiger partial charge on any atom is -0.478 e. The molecule has 2 rings (SSSR count). The molecule has 0 atom stereocenters. The Balaban J connectivity index is 2.17. The molecule has 0 aromatic heterocycles. The van der Waals surface area contributed by atoms with Gasteiger partial charge in [-0.05, 0) is 31.0 Å². The second-order valence-electron chi connectivity index (χ2n) is 4.91. The monoisotopic (exact) mass is 301 g/mol. The first-order valence-electron chi connectivity index (χ1n) is 6.44. The van der Waals surface area contributed by atoms with Crippen molar-refractivity contribution >= 4 is 21.7 Å². The third-order valence-electron chi connectivity index (χ3n) is 3.45. The highest BCUT2D eigenvalue weighted by Crippen LogP contribution is 2.25. The number of nitrogens with one attached hydrogen (secondary N) is 1. The molecule has 5 nitrogen and oxygen atoms in total. The van der Waals surface area contributed by atoms with Crippen molar-refractivity contribution in [3.8, 4) is 0 Å². The number of carboxylic acids is 1. The maximum Gasteiger partial charge on any atom is 0.338 e. The quantitative estimate of drug-likeness (QED) is 0.895. The zero-order valence-electron chi connectivity index (χ0n) is 10.8. The third-order valence-corrected chi connectivity index (χ3v) is 5.32. The molecule has 1 aromatic carbocycles. The van der Waals surface area contributed by atoms with Crippen molar-refractivity contribution in [2.75, 3.05) is 4.72 Å². The molecule has 0 saturated heterocycles. The van der Waals surface area contributed by atoms with Gasteiger partial charge in [-0.25, -0.2) is 17.6 Å². The van der Waals surface area contributed by atoms with Crippen molar-refractivity contribution in [1.82, 2.24) is 0 Å². The average Bonchev–Trinajstić information content (AvgIpc) is 2.39. The molecular formula is C13H16FNO4S. The molecule has 1 aliphatic carbocycles. The third kappa shape index (κ3) is 3.27. The predicted molar refractivity (Wildman–Crippen MR) is 72.8 cm³/mol. The van der Waals surface area contributed by atoms with E-state index >= 15 is 0 Å². The van der Waals surface area contributed by atoms with Crippen LogP contribution in [0.15, 0.2) is 18.2 Å². The Labute approximate surface area is 116 Å². The van der Waals surface area contributed by atoms with E-state index in [0.29, 0.717) is 12.8 Å². The van der Waals surface area contributed by atoms with Crippen LogP contribution in [0.1, 0.15) is 42.5 Å². The summed E-state index contributed by atoms with van der Waals surface area (Å²) >= 11 is 0. The van der Waals surface area contributed by atoms with Gasteiger partial charge in [-0.1, -0.05) is 19.3 Å². The summed E-state index contributed by atoms with van der Waals surface area (Å²) in [4.78, 5) is 10.7. The molecule has 1 saturated carbocycles. The first-order valence-corrected chi connectivity index (χ1v) is 7.99. The summed E-state index contributed by atoms with van der Waals surface area (Å²) in [6.45, 7) is 0. The van der Waals surface area contributed by atoms with Crippen LogP contribution in [-0.2, 0) is 10.0 Å². The van der Waals surface area contributed by atoms with Gasteiger partial charge in [-0.2, -0.15) is 0 Å². The van der Waals surface area contributed by atoms with Gasteiger partial charge < -0.3 is 5.11 Å². The van der Waals surface area contributed by atoms with Crippen LogP contribution in [0.25, 0.3) is 0 Å². The van der Waals surface area contributed by atoms with E-state index in [2.05, 4.69) is 4.72 Å². The van der Waals surface area contributed by atoms with Gasteiger partial charge in [0.1, 0.15) is 5.82 Å². The van der Waals surface area contributed by atoms with Crippen LogP contribution < -0.4 is 4.72 Å². The summed E-state index contributed by atoms with van der Waals surface area (Å²) in [5, 5.41) is 8.25. The highest BCUT2D eigenvalue weighted by Gasteiger charge is 2.27. The lowest BCUT2D eigenvalue weighted by Crippen LogP contribution is -2.29. The number of anilines is 1. The van der Waals surface area contributed by atoms with Gasteiger partial charge in [-0.15, -0.1) is 0 Å². The van der Waals surface area contributed by atoms with Crippen LogP contribution in [0.3, 0.4) is 0 Å². The van der Waals surface area contributed by atoms with Crippen molar-refractivity contribution in [3.63, 3.8) is 0 Å². The summed E-state index contributed by atoms with van der Waals surface area (Å²) in [6.07, 6.45) is 3.99. The van der Waals surface area contributed by atoms with Gasteiger partial charge in [0.15, 0.2) is 0 Å². The van der Waals surface area contributed by atoms with Crippen molar-refractivity contribution < 1.29 is 22.7 Å². The van der Waals surface area contributed by atoms with Gasteiger partial charge in [0.25, 0.3) is 0 Å². The average molecular weight is 301 g/mol. The number of rotatable bonds is 4. The molecule has 20 heavy (non-hydrogen) atoms. The Hall–Kier alpha value is -1.63. The Morgan fingerprint density at radius 3 is 2.45 bits per heavy atom. The maximum absolute atomic E-state index is 13.5. The number of benzene rings is 1. The van der Waals surface area contributed by atoms with Gasteiger partial charge in [0.05, 0.1) is 16.5 Å². The topological polar surface area (TPSA) is 83.5 Å². The van der Waals surface area contributed by atoms with Crippen LogP contribution in [0.2, 0.25) is 0 Å². The van der Waals surface area contributed by atoms with E-state index in [1.807, 2.05) is 0 Å². The van der Waals surface area contributed by atoms with E-state index < -0.39 is 32.6 Å². The fraction of sp³-hybridized carbons (Fsp3) is 0.462. The SMILES string of the molecule is O=C(O)c1ccc(NS(=O)(=O)C2CCCCC2)cc1F. The normalized spacial score (nSPS) is 16.9. The van der Waals surface area contributed by atoms with Crippen molar-refractivity contribution in [3.05, 3.63) is 29.6 Å². The molecule has 7 heteroatoms. The number of aromatic carboxylic acids is 1. The second-order valence-corrected chi connectivity index (χ2v) is 6.87. The molecule has 2 N–H and O–H groups in total. The van der Waals surface area contributed by atoms with E-state index in [0.717, 1.165) is 31.4 Å². The standard InChI is InChI=1S/C13H16FNO4S/c14-12-8-9(6-7-11(12)13(16)17)15-20(18,19)10-4-2-1-3-5-10/h6-8,10,15H,1-5H2,(H,16,17). The lowest BCUT2D eigenvalue weighted by atomic mass is 10.0. The van der Waals surface area contributed by atoms with Gasteiger partial charge in [0, 0.05) is 0 Å². The molecular weight excluding hydrogens is 285 g/mol. The summed E-state index contributed by atoms with van der Waals surface area (Å²) in [7, 11) is -3.55. The molecule has 0 amide bonds. The summed E-state index contributed by atoms with van der Waals surface area (Å²) in [5.74, 6) is -2.34. The van der Waals surface area contributed by atoms with Crippen LogP contribution in [0.5, 0.6) is 0 Å². The van der Waals surface area contributed by atoms with E-state index in [1.54, 1.807) is 0 Å². The number of carbonyl (C=O) groups is 1. The van der Waals surface area contributed by atoms with E-state index in [9.17, 15) is 17.6 Å². The maximum atomic E-state index is 13.5. The molecule has 0 unspecified atom stereocenters. The lowest BCUT2D eigenvalue weighted by Gasteiger charge is -2.22. The molecule has 110 valence electrons. The summed E-state index contributed by atoms with van der Waals surface area (Å²) < 4.78 is 40.1. The largest absolute Gasteiger partial charge is 0.478 e. The molecule has 0 heterocycles. The van der Waals surface area contributed by atoms with Crippen molar-refractivity contribution in [2.24, 2.45) is 0 Å². The minimum atomic E-state index is -3.55. The smallest absolute Gasteiger partial charge is 0.338 e. The lowest BCUT2D eigenvalue weighted by molar-refractivity contribution is 0.0692. The number of sulfonamides is 1. The molecule has 0 spiro atoms. The van der Waals surface area contributed by atoms with E-state index in [-0.39, 0.29) is 5.69 Å². The van der Waals surface area contributed by atoms with Gasteiger partial charge in [0.2, 0.25) is 10.0 Å². The van der Waals surface area contributed by atoms with Gasteiger partial charge >= 0.3 is 5.97 Å². The molecule has 1 aromatic rings. The van der Waals surface area contributed by atoms with Gasteiger partial charge in [-0.3, -0.25) is 4.72 Å². The predicted octanol–water partition coefficient (Wildman–Crippen LogP) is 2.60. The van der Waals surface area contributed by atoms with Crippen molar-refractivity contribution in [2.45, 2.75) is 37.4 Å². The fourth-order valence-corrected chi connectivity index (χ4v) is 3.95. The number of carboxylic acid groups (broad SMARTS) is 1. The Bertz CT molecular complexity index is 609. The molecule has 0 aliphatic heterocycles. The number of halogens is 1. The zero-order chi connectivity index (χ0) is 14.8. The first-order chi connectivity index (χ1) is 9.40. The zero-order valence-corrected chi connectivity index (χ0v) is 11.6. The fourth-order valence-electron chi connectivity index (χ4n) is 2.38. The van der Waals surface area contributed by atoms with Crippen LogP contribution >= 0.6 is 0 Å².